The van der Waals surface area contributed by atoms with Crippen molar-refractivity contribution >= 4 is 28.4 Å². The van der Waals surface area contributed by atoms with Crippen LogP contribution in [-0.4, -0.2) is 17.0 Å². The third-order valence-corrected chi connectivity index (χ3v) is 4.38. The van der Waals surface area contributed by atoms with E-state index in [2.05, 4.69) is 77.9 Å². The van der Waals surface area contributed by atoms with E-state index in [-0.39, 0.29) is 0 Å². The van der Waals surface area contributed by atoms with Crippen molar-refractivity contribution < 1.29 is 0 Å². The standard InChI is InChI=1S/C17H22IN3/c1-11(2)8-14-16(18)17(19-4)21-15(20-14)10-13-7-5-6-12(3)9-13/h5-7,9,11H,8,10H2,1-4H3,(H,19,20,21). The first-order valence-corrected chi connectivity index (χ1v) is 8.36. The number of rotatable bonds is 5. The molecule has 0 bridgehead atoms. The van der Waals surface area contributed by atoms with Gasteiger partial charge in [0.2, 0.25) is 0 Å². The smallest absolute Gasteiger partial charge is 0.143 e. The number of aromatic nitrogens is 2. The zero-order chi connectivity index (χ0) is 15.4. The van der Waals surface area contributed by atoms with Crippen molar-refractivity contribution in [1.29, 1.82) is 0 Å². The van der Waals surface area contributed by atoms with Crippen molar-refractivity contribution in [3.63, 3.8) is 0 Å². The number of halogens is 1. The number of benzene rings is 1. The van der Waals surface area contributed by atoms with Crippen molar-refractivity contribution in [2.45, 2.75) is 33.6 Å². The molecule has 1 aromatic heterocycles. The highest BCUT2D eigenvalue weighted by molar-refractivity contribution is 14.1. The fourth-order valence-corrected chi connectivity index (χ4v) is 3.05. The Labute approximate surface area is 140 Å². The molecular formula is C17H22IN3. The van der Waals surface area contributed by atoms with Crippen LogP contribution in [0.1, 0.15) is 36.5 Å². The van der Waals surface area contributed by atoms with Crippen molar-refractivity contribution in [3.8, 4) is 0 Å². The van der Waals surface area contributed by atoms with Gasteiger partial charge in [-0.15, -0.1) is 0 Å². The molecule has 0 saturated carbocycles. The predicted octanol–water partition coefficient (Wildman–Crippen LogP) is 4.22. The van der Waals surface area contributed by atoms with E-state index in [1.807, 2.05) is 7.05 Å². The Morgan fingerprint density at radius 2 is 2.00 bits per heavy atom. The summed E-state index contributed by atoms with van der Waals surface area (Å²) in [4.78, 5) is 9.44. The van der Waals surface area contributed by atoms with Crippen LogP contribution < -0.4 is 5.32 Å². The van der Waals surface area contributed by atoms with Crippen molar-refractivity contribution in [2.75, 3.05) is 12.4 Å². The molecule has 0 saturated heterocycles. The number of nitrogens with one attached hydrogen (secondary N) is 1. The molecule has 1 aromatic carbocycles. The topological polar surface area (TPSA) is 37.8 Å². The van der Waals surface area contributed by atoms with Crippen LogP contribution in [0, 0.1) is 16.4 Å². The second kappa shape index (κ2) is 7.20. The minimum Gasteiger partial charge on any atom is -0.372 e. The lowest BCUT2D eigenvalue weighted by Crippen LogP contribution is -2.10. The summed E-state index contributed by atoms with van der Waals surface area (Å²) in [6, 6.07) is 8.53. The van der Waals surface area contributed by atoms with Crippen molar-refractivity contribution in [3.05, 3.63) is 50.5 Å². The highest BCUT2D eigenvalue weighted by Crippen LogP contribution is 2.22. The van der Waals surface area contributed by atoms with E-state index in [1.165, 1.54) is 11.1 Å². The maximum Gasteiger partial charge on any atom is 0.143 e. The highest BCUT2D eigenvalue weighted by atomic mass is 127. The van der Waals surface area contributed by atoms with Gasteiger partial charge in [-0.1, -0.05) is 43.7 Å². The molecule has 0 spiro atoms. The molecule has 0 radical (unpaired) electrons. The van der Waals surface area contributed by atoms with E-state index >= 15 is 0 Å². The molecule has 2 rings (SSSR count). The molecule has 112 valence electrons. The van der Waals surface area contributed by atoms with E-state index in [0.717, 1.165) is 33.7 Å². The number of aryl methyl sites for hydroxylation is 1. The van der Waals surface area contributed by atoms with Crippen molar-refractivity contribution in [2.24, 2.45) is 5.92 Å². The molecule has 0 aliphatic heterocycles. The van der Waals surface area contributed by atoms with Crippen LogP contribution in [0.4, 0.5) is 5.82 Å². The molecule has 3 nitrogen and oxygen atoms in total. The number of nitrogens with zero attached hydrogens (tertiary/aromatic N) is 2. The quantitative estimate of drug-likeness (QED) is 0.771. The van der Waals surface area contributed by atoms with Crippen LogP contribution in [-0.2, 0) is 12.8 Å². The first kappa shape index (κ1) is 16.2. The van der Waals surface area contributed by atoms with Crippen LogP contribution in [0.3, 0.4) is 0 Å². The summed E-state index contributed by atoms with van der Waals surface area (Å²) in [7, 11) is 1.92. The molecule has 1 heterocycles. The Bertz CT molecular complexity index is 623. The second-order valence-corrected chi connectivity index (χ2v) is 6.84. The molecule has 2 aromatic rings. The van der Waals surface area contributed by atoms with E-state index in [1.54, 1.807) is 0 Å². The molecule has 0 amide bonds. The Hall–Kier alpha value is -1.17. The summed E-state index contributed by atoms with van der Waals surface area (Å²) in [5.41, 5.74) is 3.68. The molecule has 0 unspecified atom stereocenters. The summed E-state index contributed by atoms with van der Waals surface area (Å²) < 4.78 is 1.14. The largest absolute Gasteiger partial charge is 0.372 e. The lowest BCUT2D eigenvalue weighted by atomic mass is 10.1. The van der Waals surface area contributed by atoms with E-state index in [0.29, 0.717) is 5.92 Å². The zero-order valence-electron chi connectivity index (χ0n) is 13.1. The normalized spacial score (nSPS) is 11.0. The van der Waals surface area contributed by atoms with Gasteiger partial charge in [-0.05, 0) is 47.4 Å². The van der Waals surface area contributed by atoms with Crippen LogP contribution in [0.25, 0.3) is 0 Å². The van der Waals surface area contributed by atoms with Gasteiger partial charge in [0.15, 0.2) is 0 Å². The molecule has 21 heavy (non-hydrogen) atoms. The zero-order valence-corrected chi connectivity index (χ0v) is 15.2. The molecule has 0 aliphatic carbocycles. The summed E-state index contributed by atoms with van der Waals surface area (Å²) in [6.45, 7) is 6.55. The fourth-order valence-electron chi connectivity index (χ4n) is 2.32. The van der Waals surface area contributed by atoms with E-state index in [9.17, 15) is 0 Å². The Morgan fingerprint density at radius 3 is 2.62 bits per heavy atom. The molecule has 0 aliphatic rings. The maximum atomic E-state index is 4.79. The SMILES string of the molecule is CNc1nc(Cc2cccc(C)c2)nc(CC(C)C)c1I. The molecule has 4 heteroatoms. The minimum absolute atomic E-state index is 0.588. The predicted molar refractivity (Wildman–Crippen MR) is 96.8 cm³/mol. The molecule has 0 atom stereocenters. The average molecular weight is 395 g/mol. The van der Waals surface area contributed by atoms with Gasteiger partial charge in [0.25, 0.3) is 0 Å². The van der Waals surface area contributed by atoms with Gasteiger partial charge in [0.05, 0.1) is 9.26 Å². The third kappa shape index (κ3) is 4.40. The highest BCUT2D eigenvalue weighted by Gasteiger charge is 2.13. The Kier molecular flexibility index (Phi) is 5.56. The monoisotopic (exact) mass is 395 g/mol. The van der Waals surface area contributed by atoms with Crippen LogP contribution >= 0.6 is 22.6 Å². The van der Waals surface area contributed by atoms with E-state index in [4.69, 9.17) is 4.98 Å². The number of anilines is 1. The number of hydrogen-bond acceptors (Lipinski definition) is 3. The summed E-state index contributed by atoms with van der Waals surface area (Å²) >= 11 is 2.34. The fraction of sp³-hybridized carbons (Fsp3) is 0.412. The Balaban J connectivity index is 2.34. The van der Waals surface area contributed by atoms with Gasteiger partial charge in [-0.3, -0.25) is 0 Å². The number of hydrogen-bond donors (Lipinski definition) is 1. The molecule has 1 N–H and O–H groups in total. The van der Waals surface area contributed by atoms with Gasteiger partial charge >= 0.3 is 0 Å². The van der Waals surface area contributed by atoms with Crippen molar-refractivity contribution in [1.82, 2.24) is 9.97 Å². The minimum atomic E-state index is 0.588. The summed E-state index contributed by atoms with van der Waals surface area (Å²) in [5, 5.41) is 3.19. The van der Waals surface area contributed by atoms with Crippen LogP contribution in [0.5, 0.6) is 0 Å². The molecular weight excluding hydrogens is 373 g/mol. The van der Waals surface area contributed by atoms with E-state index < -0.39 is 0 Å². The first-order valence-electron chi connectivity index (χ1n) is 7.28. The maximum absolute atomic E-state index is 4.79. The van der Waals surface area contributed by atoms with Crippen LogP contribution in [0.15, 0.2) is 24.3 Å². The van der Waals surface area contributed by atoms with Gasteiger partial charge in [0, 0.05) is 13.5 Å². The lowest BCUT2D eigenvalue weighted by Gasteiger charge is -2.13. The third-order valence-electron chi connectivity index (χ3n) is 3.25. The lowest BCUT2D eigenvalue weighted by molar-refractivity contribution is 0.628. The Morgan fingerprint density at radius 1 is 1.24 bits per heavy atom. The summed E-state index contributed by atoms with van der Waals surface area (Å²) in [5.74, 6) is 2.41. The summed E-state index contributed by atoms with van der Waals surface area (Å²) in [6.07, 6.45) is 1.76. The second-order valence-electron chi connectivity index (χ2n) is 5.76. The average Bonchev–Trinajstić information content (AvgIpc) is 2.41. The first-order chi connectivity index (χ1) is 9.99. The molecule has 0 fully saturated rings. The van der Waals surface area contributed by atoms with Crippen LogP contribution in [0.2, 0.25) is 0 Å². The van der Waals surface area contributed by atoms with Gasteiger partial charge in [-0.25, -0.2) is 9.97 Å². The van der Waals surface area contributed by atoms with Gasteiger partial charge < -0.3 is 5.32 Å². The van der Waals surface area contributed by atoms with Gasteiger partial charge in [0.1, 0.15) is 11.6 Å². The van der Waals surface area contributed by atoms with Gasteiger partial charge in [-0.2, -0.15) is 0 Å².